The largest absolute Gasteiger partial charge is 0.497 e. The molecule has 0 saturated carbocycles. The Labute approximate surface area is 159 Å². The molecule has 1 atom stereocenters. The van der Waals surface area contributed by atoms with Crippen LogP contribution in [0.25, 0.3) is 0 Å². The zero-order chi connectivity index (χ0) is 19.4. The molecule has 0 bridgehead atoms. The summed E-state index contributed by atoms with van der Waals surface area (Å²) in [4.78, 5) is 27.1. The second kappa shape index (κ2) is 8.12. The number of anilines is 2. The van der Waals surface area contributed by atoms with Crippen LogP contribution in [-0.2, 0) is 16.0 Å². The highest BCUT2D eigenvalue weighted by Gasteiger charge is 2.37. The number of nitrogens with one attached hydrogen (secondary N) is 1. The van der Waals surface area contributed by atoms with E-state index in [-0.39, 0.29) is 11.8 Å². The van der Waals surface area contributed by atoms with Gasteiger partial charge in [-0.05, 0) is 30.5 Å². The highest BCUT2D eigenvalue weighted by atomic mass is 16.5. The van der Waals surface area contributed by atoms with Gasteiger partial charge < -0.3 is 19.7 Å². The Morgan fingerprint density at radius 3 is 2.30 bits per heavy atom. The minimum Gasteiger partial charge on any atom is -0.497 e. The van der Waals surface area contributed by atoms with Crippen molar-refractivity contribution in [1.82, 2.24) is 0 Å². The van der Waals surface area contributed by atoms with Crippen LogP contribution in [0.4, 0.5) is 11.4 Å². The molecule has 1 aliphatic heterocycles. The van der Waals surface area contributed by atoms with Gasteiger partial charge in [0.1, 0.15) is 17.4 Å². The summed E-state index contributed by atoms with van der Waals surface area (Å²) in [5.41, 5.74) is 2.58. The minimum atomic E-state index is -0.701. The molecule has 6 heteroatoms. The van der Waals surface area contributed by atoms with E-state index >= 15 is 0 Å². The summed E-state index contributed by atoms with van der Waals surface area (Å²) in [6.07, 6.45) is 1.44. The molecule has 2 amide bonds. The summed E-state index contributed by atoms with van der Waals surface area (Å²) in [5.74, 6) is -0.0530. The van der Waals surface area contributed by atoms with Crippen molar-refractivity contribution >= 4 is 23.2 Å². The number of amides is 2. The molecule has 0 aliphatic carbocycles. The van der Waals surface area contributed by atoms with Crippen molar-refractivity contribution in [2.45, 2.75) is 19.8 Å². The topological polar surface area (TPSA) is 67.9 Å². The fourth-order valence-corrected chi connectivity index (χ4v) is 3.20. The summed E-state index contributed by atoms with van der Waals surface area (Å²) in [5, 5.41) is 2.81. The lowest BCUT2D eigenvalue weighted by Crippen LogP contribution is -2.33. The first-order valence-corrected chi connectivity index (χ1v) is 9.00. The Morgan fingerprint density at radius 1 is 1.11 bits per heavy atom. The number of carbonyl (C=O) groups excluding carboxylic acids is 2. The highest BCUT2D eigenvalue weighted by molar-refractivity contribution is 6.13. The van der Waals surface area contributed by atoms with Crippen LogP contribution in [0, 0.1) is 5.92 Å². The zero-order valence-electron chi connectivity index (χ0n) is 15.8. The number of carbonyl (C=O) groups is 2. The molecule has 142 valence electrons. The number of hydrogen-bond donors (Lipinski definition) is 1. The monoisotopic (exact) mass is 368 g/mol. The van der Waals surface area contributed by atoms with Crippen molar-refractivity contribution in [2.24, 2.45) is 5.92 Å². The molecular weight excluding hydrogens is 344 g/mol. The maximum absolute atomic E-state index is 12.8. The Balaban J connectivity index is 1.71. The zero-order valence-corrected chi connectivity index (χ0v) is 15.8. The van der Waals surface area contributed by atoms with Crippen molar-refractivity contribution < 1.29 is 19.1 Å². The van der Waals surface area contributed by atoms with Crippen molar-refractivity contribution in [1.29, 1.82) is 0 Å². The predicted octanol–water partition coefficient (Wildman–Crippen LogP) is 3.26. The smallest absolute Gasteiger partial charge is 0.239 e. The van der Waals surface area contributed by atoms with Gasteiger partial charge in [0.05, 0.1) is 14.2 Å². The van der Waals surface area contributed by atoms with Gasteiger partial charge in [0.2, 0.25) is 11.8 Å². The average molecular weight is 368 g/mol. The lowest BCUT2D eigenvalue weighted by Gasteiger charge is -2.17. The quantitative estimate of drug-likeness (QED) is 0.795. The van der Waals surface area contributed by atoms with Crippen LogP contribution < -0.4 is 19.7 Å². The van der Waals surface area contributed by atoms with Gasteiger partial charge in [0.15, 0.2) is 0 Å². The molecule has 1 unspecified atom stereocenters. The third-order valence-corrected chi connectivity index (χ3v) is 4.80. The molecule has 0 spiro atoms. The lowest BCUT2D eigenvalue weighted by molar-refractivity contribution is -0.129. The Hall–Kier alpha value is -3.02. The van der Waals surface area contributed by atoms with E-state index in [1.165, 1.54) is 5.56 Å². The van der Waals surface area contributed by atoms with Crippen LogP contribution in [0.3, 0.4) is 0 Å². The molecule has 1 aliphatic rings. The highest BCUT2D eigenvalue weighted by Crippen LogP contribution is 2.29. The normalized spacial score (nSPS) is 16.3. The van der Waals surface area contributed by atoms with Crippen LogP contribution in [0.2, 0.25) is 0 Å². The van der Waals surface area contributed by atoms with E-state index in [1.807, 2.05) is 24.3 Å². The summed E-state index contributed by atoms with van der Waals surface area (Å²) in [6.45, 7) is 2.62. The number of ether oxygens (including phenoxy) is 2. The number of rotatable bonds is 6. The van der Waals surface area contributed by atoms with Gasteiger partial charge in [-0.2, -0.15) is 0 Å². The van der Waals surface area contributed by atoms with E-state index in [4.69, 9.17) is 9.47 Å². The second-order valence-electron chi connectivity index (χ2n) is 6.44. The molecule has 1 heterocycles. The molecular formula is C21H24N2O4. The van der Waals surface area contributed by atoms with E-state index < -0.39 is 5.92 Å². The van der Waals surface area contributed by atoms with E-state index in [0.717, 1.165) is 12.1 Å². The summed E-state index contributed by atoms with van der Waals surface area (Å²) < 4.78 is 10.4. The van der Waals surface area contributed by atoms with Crippen LogP contribution in [0.5, 0.6) is 11.5 Å². The lowest BCUT2D eigenvalue weighted by atomic mass is 10.1. The van der Waals surface area contributed by atoms with Crippen LogP contribution >= 0.6 is 0 Å². The fourth-order valence-electron chi connectivity index (χ4n) is 3.20. The first-order chi connectivity index (χ1) is 13.0. The molecule has 27 heavy (non-hydrogen) atoms. The fraction of sp³-hybridized carbons (Fsp3) is 0.333. The van der Waals surface area contributed by atoms with E-state index in [9.17, 15) is 9.59 Å². The molecule has 2 aromatic carbocycles. The molecule has 0 radical (unpaired) electrons. The number of methoxy groups -OCH3 is 2. The van der Waals surface area contributed by atoms with Gasteiger partial charge >= 0.3 is 0 Å². The minimum absolute atomic E-state index is 0.174. The third-order valence-electron chi connectivity index (χ3n) is 4.80. The SMILES string of the molecule is CCc1ccc(N2CCC(C(=O)Nc3cc(OC)cc(OC)c3)C2=O)cc1. The Kier molecular flexibility index (Phi) is 5.64. The Morgan fingerprint density at radius 2 is 1.74 bits per heavy atom. The van der Waals surface area contributed by atoms with Gasteiger partial charge in [0, 0.05) is 36.1 Å². The molecule has 6 nitrogen and oxygen atoms in total. The molecule has 0 aromatic heterocycles. The Bertz CT molecular complexity index is 810. The van der Waals surface area contributed by atoms with Crippen molar-refractivity contribution in [2.75, 3.05) is 31.0 Å². The van der Waals surface area contributed by atoms with Crippen molar-refractivity contribution in [3.8, 4) is 11.5 Å². The maximum Gasteiger partial charge on any atom is 0.239 e. The average Bonchev–Trinajstić information content (AvgIpc) is 3.09. The third kappa shape index (κ3) is 4.05. The first kappa shape index (κ1) is 18.8. The first-order valence-electron chi connectivity index (χ1n) is 9.00. The second-order valence-corrected chi connectivity index (χ2v) is 6.44. The molecule has 1 fully saturated rings. The number of aryl methyl sites for hydroxylation is 1. The number of nitrogens with zero attached hydrogens (tertiary/aromatic N) is 1. The van der Waals surface area contributed by atoms with Crippen molar-refractivity contribution in [3.63, 3.8) is 0 Å². The van der Waals surface area contributed by atoms with Gasteiger partial charge in [-0.25, -0.2) is 0 Å². The van der Waals surface area contributed by atoms with Gasteiger partial charge in [0.25, 0.3) is 0 Å². The van der Waals surface area contributed by atoms with Crippen molar-refractivity contribution in [3.05, 3.63) is 48.0 Å². The van der Waals surface area contributed by atoms with E-state index in [1.54, 1.807) is 37.3 Å². The standard InChI is InChI=1S/C21H24N2O4/c1-4-14-5-7-16(8-6-14)23-10-9-19(21(23)25)20(24)22-15-11-17(26-2)13-18(12-15)27-3/h5-8,11-13,19H,4,9-10H2,1-3H3,(H,22,24). The van der Waals surface area contributed by atoms with Gasteiger partial charge in [-0.3, -0.25) is 9.59 Å². The van der Waals surface area contributed by atoms with Crippen LogP contribution in [0.15, 0.2) is 42.5 Å². The van der Waals surface area contributed by atoms with Gasteiger partial charge in [-0.15, -0.1) is 0 Å². The van der Waals surface area contributed by atoms with E-state index in [0.29, 0.717) is 30.2 Å². The number of benzene rings is 2. The number of hydrogen-bond acceptors (Lipinski definition) is 4. The molecule has 2 aromatic rings. The van der Waals surface area contributed by atoms with E-state index in [2.05, 4.69) is 12.2 Å². The summed E-state index contributed by atoms with van der Waals surface area (Å²) in [6, 6.07) is 13.0. The van der Waals surface area contributed by atoms with Crippen LogP contribution in [0.1, 0.15) is 18.9 Å². The molecule has 1 N–H and O–H groups in total. The predicted molar refractivity (Wildman–Crippen MR) is 104 cm³/mol. The molecule has 1 saturated heterocycles. The van der Waals surface area contributed by atoms with Crippen LogP contribution in [-0.4, -0.2) is 32.6 Å². The summed E-state index contributed by atoms with van der Waals surface area (Å²) >= 11 is 0. The maximum atomic E-state index is 12.8. The summed E-state index contributed by atoms with van der Waals surface area (Å²) in [7, 11) is 3.09. The molecule has 3 rings (SSSR count). The van der Waals surface area contributed by atoms with Gasteiger partial charge in [-0.1, -0.05) is 19.1 Å².